The van der Waals surface area contributed by atoms with Gasteiger partial charge in [0.2, 0.25) is 0 Å². The average molecular weight is 274 g/mol. The molecule has 19 heavy (non-hydrogen) atoms. The van der Waals surface area contributed by atoms with Crippen molar-refractivity contribution in [1.29, 1.82) is 0 Å². The van der Waals surface area contributed by atoms with E-state index in [1.54, 1.807) is 6.20 Å². The highest BCUT2D eigenvalue weighted by molar-refractivity contribution is 7.22. The van der Waals surface area contributed by atoms with Crippen LogP contribution in [0.25, 0.3) is 21.0 Å². The standard InChI is InChI=1S/C13H14N4OS/c1-13(2,3)12-16-10(18-17-12)9-8(14)7-5-4-6-15-11(7)19-9/h4-6H,14H2,1-3H3. The van der Waals surface area contributed by atoms with Crippen molar-refractivity contribution >= 4 is 27.2 Å². The fourth-order valence-electron chi connectivity index (χ4n) is 1.73. The van der Waals surface area contributed by atoms with Gasteiger partial charge in [0.1, 0.15) is 9.71 Å². The highest BCUT2D eigenvalue weighted by Crippen LogP contribution is 2.39. The predicted molar refractivity (Wildman–Crippen MR) is 76.0 cm³/mol. The van der Waals surface area contributed by atoms with Gasteiger partial charge in [-0.15, -0.1) is 11.3 Å². The van der Waals surface area contributed by atoms with Crippen molar-refractivity contribution in [3.63, 3.8) is 0 Å². The second-order valence-electron chi connectivity index (χ2n) is 5.37. The molecule has 0 spiro atoms. The van der Waals surface area contributed by atoms with Crippen LogP contribution >= 0.6 is 11.3 Å². The summed E-state index contributed by atoms with van der Waals surface area (Å²) >= 11 is 1.47. The average Bonchev–Trinajstić information content (AvgIpc) is 2.94. The lowest BCUT2D eigenvalue weighted by molar-refractivity contribution is 0.403. The summed E-state index contributed by atoms with van der Waals surface area (Å²) in [7, 11) is 0. The number of hydrogen-bond acceptors (Lipinski definition) is 6. The highest BCUT2D eigenvalue weighted by atomic mass is 32.1. The number of pyridine rings is 1. The molecule has 0 radical (unpaired) electrons. The predicted octanol–water partition coefficient (Wildman–Crippen LogP) is 3.23. The van der Waals surface area contributed by atoms with Crippen LogP contribution in [0.3, 0.4) is 0 Å². The summed E-state index contributed by atoms with van der Waals surface area (Å²) in [5.74, 6) is 1.14. The van der Waals surface area contributed by atoms with Crippen molar-refractivity contribution in [1.82, 2.24) is 15.1 Å². The lowest BCUT2D eigenvalue weighted by Crippen LogP contribution is -2.13. The Balaban J connectivity index is 2.14. The number of aromatic nitrogens is 3. The number of fused-ring (bicyclic) bond motifs is 1. The fraction of sp³-hybridized carbons (Fsp3) is 0.308. The van der Waals surface area contributed by atoms with Crippen LogP contribution in [-0.2, 0) is 5.41 Å². The number of hydrogen-bond donors (Lipinski definition) is 1. The van der Waals surface area contributed by atoms with Crippen LogP contribution < -0.4 is 5.73 Å². The van der Waals surface area contributed by atoms with E-state index in [1.807, 2.05) is 32.9 Å². The van der Waals surface area contributed by atoms with Gasteiger partial charge >= 0.3 is 0 Å². The third-order valence-electron chi connectivity index (χ3n) is 2.80. The molecule has 0 unspecified atom stereocenters. The largest absolute Gasteiger partial charge is 0.397 e. The molecule has 3 aromatic rings. The summed E-state index contributed by atoms with van der Waals surface area (Å²) in [6, 6.07) is 3.81. The summed E-state index contributed by atoms with van der Waals surface area (Å²) in [4.78, 5) is 10.4. The Labute approximate surface area is 114 Å². The molecule has 0 fully saturated rings. The molecule has 3 rings (SSSR count). The van der Waals surface area contributed by atoms with Gasteiger partial charge in [-0.1, -0.05) is 25.9 Å². The quantitative estimate of drug-likeness (QED) is 0.737. The molecule has 0 amide bonds. The smallest absolute Gasteiger partial charge is 0.270 e. The Kier molecular flexibility index (Phi) is 2.56. The van der Waals surface area contributed by atoms with E-state index >= 15 is 0 Å². The molecule has 3 heterocycles. The molecular weight excluding hydrogens is 260 g/mol. The number of anilines is 1. The number of nitrogen functional groups attached to an aromatic ring is 1. The van der Waals surface area contributed by atoms with Crippen LogP contribution in [0.1, 0.15) is 26.6 Å². The Morgan fingerprint density at radius 1 is 1.32 bits per heavy atom. The van der Waals surface area contributed by atoms with Crippen LogP contribution in [0.15, 0.2) is 22.9 Å². The highest BCUT2D eigenvalue weighted by Gasteiger charge is 2.23. The number of nitrogens with zero attached hydrogens (tertiary/aromatic N) is 3. The minimum Gasteiger partial charge on any atom is -0.397 e. The summed E-state index contributed by atoms with van der Waals surface area (Å²) in [6.45, 7) is 6.12. The van der Waals surface area contributed by atoms with Crippen LogP contribution in [0, 0.1) is 0 Å². The van der Waals surface area contributed by atoms with Crippen molar-refractivity contribution in [3.8, 4) is 10.8 Å². The molecule has 0 atom stereocenters. The van der Waals surface area contributed by atoms with Gasteiger partial charge in [0.05, 0.1) is 5.69 Å². The zero-order chi connectivity index (χ0) is 13.6. The van der Waals surface area contributed by atoms with E-state index in [0.717, 1.165) is 15.1 Å². The van der Waals surface area contributed by atoms with E-state index in [4.69, 9.17) is 10.3 Å². The summed E-state index contributed by atoms with van der Waals surface area (Å²) < 4.78 is 5.33. The summed E-state index contributed by atoms with van der Waals surface area (Å²) in [5.41, 5.74) is 6.63. The van der Waals surface area contributed by atoms with Gasteiger partial charge in [-0.05, 0) is 12.1 Å². The molecule has 5 nitrogen and oxygen atoms in total. The maximum atomic E-state index is 6.13. The Hall–Kier alpha value is -1.95. The van der Waals surface area contributed by atoms with Crippen molar-refractivity contribution < 1.29 is 4.52 Å². The van der Waals surface area contributed by atoms with Gasteiger partial charge in [-0.25, -0.2) is 4.98 Å². The molecule has 3 aromatic heterocycles. The Bertz CT molecular complexity index is 739. The fourth-order valence-corrected chi connectivity index (χ4v) is 2.72. The van der Waals surface area contributed by atoms with Gasteiger partial charge in [-0.3, -0.25) is 0 Å². The van der Waals surface area contributed by atoms with Gasteiger partial charge in [-0.2, -0.15) is 4.98 Å². The van der Waals surface area contributed by atoms with E-state index in [1.165, 1.54) is 11.3 Å². The van der Waals surface area contributed by atoms with Crippen LogP contribution in [0.4, 0.5) is 5.69 Å². The first-order valence-electron chi connectivity index (χ1n) is 5.94. The normalized spacial score (nSPS) is 12.2. The first-order chi connectivity index (χ1) is 8.97. The SMILES string of the molecule is CC(C)(C)c1noc(-c2sc3ncccc3c2N)n1. The van der Waals surface area contributed by atoms with Crippen molar-refractivity contribution in [2.24, 2.45) is 0 Å². The first kappa shape index (κ1) is 12.1. The van der Waals surface area contributed by atoms with Gasteiger partial charge in [0.25, 0.3) is 5.89 Å². The van der Waals surface area contributed by atoms with Crippen molar-refractivity contribution in [2.75, 3.05) is 5.73 Å². The van der Waals surface area contributed by atoms with Crippen LogP contribution in [-0.4, -0.2) is 15.1 Å². The molecule has 0 saturated carbocycles. The third kappa shape index (κ3) is 1.98. The van der Waals surface area contributed by atoms with E-state index in [-0.39, 0.29) is 5.41 Å². The molecule has 2 N–H and O–H groups in total. The maximum absolute atomic E-state index is 6.13. The molecule has 98 valence electrons. The number of nitrogens with two attached hydrogens (primary N) is 1. The molecule has 0 aromatic carbocycles. The zero-order valence-electron chi connectivity index (χ0n) is 11.0. The molecule has 0 aliphatic heterocycles. The second kappa shape index (κ2) is 4.03. The van der Waals surface area contributed by atoms with Crippen molar-refractivity contribution in [3.05, 3.63) is 24.2 Å². The summed E-state index contributed by atoms with van der Waals surface area (Å²) in [6.07, 6.45) is 1.75. The lowest BCUT2D eigenvalue weighted by Gasteiger charge is -2.10. The number of thiophene rings is 1. The molecular formula is C13H14N4OS. The lowest BCUT2D eigenvalue weighted by atomic mass is 9.96. The molecule has 0 bridgehead atoms. The minimum atomic E-state index is -0.147. The van der Waals surface area contributed by atoms with Gasteiger partial charge < -0.3 is 10.3 Å². The second-order valence-corrected chi connectivity index (χ2v) is 6.37. The maximum Gasteiger partial charge on any atom is 0.270 e. The summed E-state index contributed by atoms with van der Waals surface area (Å²) in [5, 5.41) is 4.95. The third-order valence-corrected chi connectivity index (χ3v) is 3.91. The van der Waals surface area contributed by atoms with Gasteiger partial charge in [0, 0.05) is 17.0 Å². The van der Waals surface area contributed by atoms with E-state index < -0.39 is 0 Å². The Morgan fingerprint density at radius 2 is 2.11 bits per heavy atom. The van der Waals surface area contributed by atoms with Crippen LogP contribution in [0.5, 0.6) is 0 Å². The molecule has 0 aliphatic rings. The van der Waals surface area contributed by atoms with E-state index in [9.17, 15) is 0 Å². The minimum absolute atomic E-state index is 0.147. The first-order valence-corrected chi connectivity index (χ1v) is 6.76. The molecule has 0 aliphatic carbocycles. The van der Waals surface area contributed by atoms with Gasteiger partial charge in [0.15, 0.2) is 5.82 Å². The monoisotopic (exact) mass is 274 g/mol. The molecule has 6 heteroatoms. The topological polar surface area (TPSA) is 77.8 Å². The van der Waals surface area contributed by atoms with E-state index in [0.29, 0.717) is 17.4 Å². The van der Waals surface area contributed by atoms with Crippen molar-refractivity contribution in [2.45, 2.75) is 26.2 Å². The van der Waals surface area contributed by atoms with Crippen LogP contribution in [0.2, 0.25) is 0 Å². The van der Waals surface area contributed by atoms with E-state index in [2.05, 4.69) is 15.1 Å². The zero-order valence-corrected chi connectivity index (χ0v) is 11.8. The Morgan fingerprint density at radius 3 is 2.74 bits per heavy atom. The number of rotatable bonds is 1. The molecule has 0 saturated heterocycles.